The molecule has 1 aliphatic rings. The Morgan fingerprint density at radius 1 is 1.21 bits per heavy atom. The van der Waals surface area contributed by atoms with E-state index in [2.05, 4.69) is 15.2 Å². The second-order valence-electron chi connectivity index (χ2n) is 7.11. The number of carboxylic acids is 1. The van der Waals surface area contributed by atoms with E-state index >= 15 is 0 Å². The van der Waals surface area contributed by atoms with Gasteiger partial charge in [0.15, 0.2) is 11.0 Å². The number of nitrogens with zero attached hydrogens (tertiary/aromatic N) is 5. The van der Waals surface area contributed by atoms with Gasteiger partial charge in [-0.2, -0.15) is 0 Å². The van der Waals surface area contributed by atoms with Crippen LogP contribution in [0.5, 0.6) is 0 Å². The average molecular weight is 471 g/mol. The highest BCUT2D eigenvalue weighted by Gasteiger charge is 2.31. The third kappa shape index (κ3) is 4.47. The Labute approximate surface area is 191 Å². The van der Waals surface area contributed by atoms with Crippen LogP contribution in [0.2, 0.25) is 0 Å². The zero-order valence-corrected chi connectivity index (χ0v) is 17.9. The molecule has 33 heavy (non-hydrogen) atoms. The summed E-state index contributed by atoms with van der Waals surface area (Å²) >= 11 is 1.22. The average Bonchev–Trinajstić information content (AvgIpc) is 3.15. The summed E-state index contributed by atoms with van der Waals surface area (Å²) in [6, 6.07) is 9.26. The molecule has 0 fully saturated rings. The van der Waals surface area contributed by atoms with Crippen LogP contribution in [-0.2, 0) is 4.79 Å². The number of carbonyl (C=O) groups is 1. The van der Waals surface area contributed by atoms with Crippen LogP contribution >= 0.6 is 11.8 Å². The molecule has 10 nitrogen and oxygen atoms in total. The number of halogens is 1. The first-order chi connectivity index (χ1) is 15.9. The van der Waals surface area contributed by atoms with Gasteiger partial charge in [0.05, 0.1) is 22.9 Å². The van der Waals surface area contributed by atoms with E-state index in [0.29, 0.717) is 28.0 Å². The van der Waals surface area contributed by atoms with Crippen LogP contribution < -0.4 is 0 Å². The molecule has 0 amide bonds. The Morgan fingerprint density at radius 3 is 2.70 bits per heavy atom. The number of nitro benzene ring substituents is 1. The third-order valence-corrected chi connectivity index (χ3v) is 5.92. The van der Waals surface area contributed by atoms with Gasteiger partial charge < -0.3 is 10.2 Å². The van der Waals surface area contributed by atoms with Gasteiger partial charge in [-0.1, -0.05) is 23.9 Å². The molecule has 0 saturated carbocycles. The van der Waals surface area contributed by atoms with Crippen LogP contribution in [-0.4, -0.2) is 53.9 Å². The normalized spacial score (nSPS) is 14.7. The van der Waals surface area contributed by atoms with Crippen molar-refractivity contribution < 1.29 is 24.3 Å². The zero-order valence-electron chi connectivity index (χ0n) is 17.1. The summed E-state index contributed by atoms with van der Waals surface area (Å²) in [6.45, 7) is -0.112. The second kappa shape index (κ2) is 9.46. The van der Waals surface area contributed by atoms with E-state index in [1.54, 1.807) is 10.6 Å². The van der Waals surface area contributed by atoms with Crippen LogP contribution in [0.4, 0.5) is 10.1 Å². The van der Waals surface area contributed by atoms with Gasteiger partial charge in [-0.3, -0.25) is 24.5 Å². The fourth-order valence-corrected chi connectivity index (χ4v) is 4.27. The van der Waals surface area contributed by atoms with Crippen LogP contribution in [0.3, 0.4) is 0 Å². The maximum absolute atomic E-state index is 14.8. The van der Waals surface area contributed by atoms with Crippen LogP contribution in [0.15, 0.2) is 52.6 Å². The number of aliphatic imine (C=N–C) groups is 1. The Bertz CT molecular complexity index is 1260. The lowest BCUT2D eigenvalue weighted by Gasteiger charge is -2.13. The molecule has 0 unspecified atom stereocenters. The number of nitro groups is 1. The fraction of sp³-hybridized carbons (Fsp3) is 0.238. The standard InChI is InChI=1S/C21H18FN5O5S/c22-15-4-2-1-3-13(15)19-14-11-12(27(31)32)5-7-17(14)26-20(16(23-19)6-8-18(29)30)24-25-21(26)33-10-9-28/h1-5,7,11,16,28H,6,8-10H2,(H,29,30)/t16-/m0/s1. The number of aliphatic hydroxyl groups is 1. The maximum atomic E-state index is 14.8. The summed E-state index contributed by atoms with van der Waals surface area (Å²) in [4.78, 5) is 26.9. The lowest BCUT2D eigenvalue weighted by Crippen LogP contribution is -2.10. The highest BCUT2D eigenvalue weighted by molar-refractivity contribution is 7.99. The lowest BCUT2D eigenvalue weighted by atomic mass is 9.99. The summed E-state index contributed by atoms with van der Waals surface area (Å²) in [5.74, 6) is -0.950. The fourth-order valence-electron chi connectivity index (χ4n) is 3.58. The molecule has 0 bridgehead atoms. The summed E-state index contributed by atoms with van der Waals surface area (Å²) in [5.41, 5.74) is 0.814. The van der Waals surface area contributed by atoms with Crippen LogP contribution in [0, 0.1) is 15.9 Å². The van der Waals surface area contributed by atoms with E-state index in [1.165, 1.54) is 48.2 Å². The number of aliphatic carboxylic acids is 1. The quantitative estimate of drug-likeness (QED) is 0.290. The first-order valence-corrected chi connectivity index (χ1v) is 10.9. The van der Waals surface area contributed by atoms with Crippen molar-refractivity contribution in [2.24, 2.45) is 4.99 Å². The largest absolute Gasteiger partial charge is 0.481 e. The van der Waals surface area contributed by atoms with E-state index in [4.69, 9.17) is 0 Å². The monoisotopic (exact) mass is 471 g/mol. The maximum Gasteiger partial charge on any atom is 0.303 e. The summed E-state index contributed by atoms with van der Waals surface area (Å²) in [5, 5.41) is 38.8. The number of hydrogen-bond donors (Lipinski definition) is 2. The molecule has 12 heteroatoms. The molecule has 4 rings (SSSR count). The van der Waals surface area contributed by atoms with Gasteiger partial charge in [-0.25, -0.2) is 4.39 Å². The first kappa shape index (κ1) is 22.6. The molecule has 2 N–H and O–H groups in total. The summed E-state index contributed by atoms with van der Waals surface area (Å²) < 4.78 is 16.5. The Morgan fingerprint density at radius 2 is 2.00 bits per heavy atom. The van der Waals surface area contributed by atoms with E-state index in [0.717, 1.165) is 0 Å². The Balaban J connectivity index is 2.00. The molecular weight excluding hydrogens is 453 g/mol. The highest BCUT2D eigenvalue weighted by atomic mass is 32.2. The van der Waals surface area contributed by atoms with E-state index in [9.17, 15) is 29.5 Å². The van der Waals surface area contributed by atoms with Gasteiger partial charge in [0.1, 0.15) is 11.9 Å². The van der Waals surface area contributed by atoms with Crippen LogP contribution in [0.25, 0.3) is 5.69 Å². The number of thioether (sulfide) groups is 1. The van der Waals surface area contributed by atoms with Crippen molar-refractivity contribution in [3.63, 3.8) is 0 Å². The van der Waals surface area contributed by atoms with Crippen molar-refractivity contribution in [3.05, 3.63) is 75.3 Å². The van der Waals surface area contributed by atoms with Gasteiger partial charge in [-0.15, -0.1) is 10.2 Å². The smallest absolute Gasteiger partial charge is 0.303 e. The predicted molar refractivity (Wildman–Crippen MR) is 117 cm³/mol. The minimum Gasteiger partial charge on any atom is -0.481 e. The molecule has 0 aliphatic carbocycles. The second-order valence-corrected chi connectivity index (χ2v) is 8.17. The summed E-state index contributed by atoms with van der Waals surface area (Å²) in [7, 11) is 0. The molecule has 1 aliphatic heterocycles. The Hall–Kier alpha value is -3.64. The molecule has 2 heterocycles. The Kier molecular flexibility index (Phi) is 6.47. The highest BCUT2D eigenvalue weighted by Crippen LogP contribution is 2.37. The van der Waals surface area contributed by atoms with Crippen molar-refractivity contribution in [3.8, 4) is 5.69 Å². The molecule has 1 atom stereocenters. The van der Waals surface area contributed by atoms with E-state index in [1.807, 2.05) is 0 Å². The number of aromatic nitrogens is 3. The van der Waals surface area contributed by atoms with Crippen molar-refractivity contribution in [1.82, 2.24) is 14.8 Å². The molecule has 0 radical (unpaired) electrons. The van der Waals surface area contributed by atoms with Crippen molar-refractivity contribution in [2.45, 2.75) is 24.0 Å². The third-order valence-electron chi connectivity index (χ3n) is 5.01. The molecule has 2 aromatic carbocycles. The number of hydrogen-bond acceptors (Lipinski definition) is 8. The predicted octanol–water partition coefficient (Wildman–Crippen LogP) is 3.16. The van der Waals surface area contributed by atoms with E-state index in [-0.39, 0.29) is 36.4 Å². The first-order valence-electron chi connectivity index (χ1n) is 9.93. The zero-order chi connectivity index (χ0) is 23.5. The van der Waals surface area contributed by atoms with Gasteiger partial charge in [-0.05, 0) is 24.6 Å². The lowest BCUT2D eigenvalue weighted by molar-refractivity contribution is -0.384. The molecule has 170 valence electrons. The molecule has 3 aromatic rings. The topological polar surface area (TPSA) is 144 Å². The van der Waals surface area contributed by atoms with Crippen molar-refractivity contribution in [1.29, 1.82) is 0 Å². The molecule has 0 spiro atoms. The molecular formula is C21H18FN5O5S. The van der Waals surface area contributed by atoms with Gasteiger partial charge in [0, 0.05) is 35.4 Å². The minimum absolute atomic E-state index is 0.0617. The summed E-state index contributed by atoms with van der Waals surface area (Å²) in [6.07, 6.45) is -0.159. The number of benzene rings is 2. The van der Waals surface area contributed by atoms with Crippen LogP contribution in [0.1, 0.15) is 35.8 Å². The van der Waals surface area contributed by atoms with Gasteiger partial charge in [0.25, 0.3) is 5.69 Å². The number of carboxylic acid groups (broad SMARTS) is 1. The number of rotatable bonds is 8. The number of non-ortho nitro benzene ring substituents is 1. The SMILES string of the molecule is O=C(O)CC[C@@H]1N=C(c2ccccc2F)c2cc([N+](=O)[O-])ccc2-n2c(SCCO)nnc21. The van der Waals surface area contributed by atoms with Crippen molar-refractivity contribution in [2.75, 3.05) is 12.4 Å². The van der Waals surface area contributed by atoms with Gasteiger partial charge in [0.2, 0.25) is 0 Å². The minimum atomic E-state index is -1.03. The van der Waals surface area contributed by atoms with Gasteiger partial charge >= 0.3 is 5.97 Å². The van der Waals surface area contributed by atoms with Crippen molar-refractivity contribution >= 4 is 29.1 Å². The number of fused-ring (bicyclic) bond motifs is 3. The molecule has 1 aromatic heterocycles. The molecule has 0 saturated heterocycles. The van der Waals surface area contributed by atoms with E-state index < -0.39 is 22.8 Å². The number of aliphatic hydroxyl groups excluding tert-OH is 1.